The quantitative estimate of drug-likeness (QED) is 0.808. The average molecular weight is 255 g/mol. The van der Waals surface area contributed by atoms with E-state index in [1.165, 1.54) is 16.8 Å². The zero-order valence-electron chi connectivity index (χ0n) is 11.9. The van der Waals surface area contributed by atoms with Crippen molar-refractivity contribution in [1.82, 2.24) is 0 Å². The summed E-state index contributed by atoms with van der Waals surface area (Å²) in [5.74, 6) is 0.899. The summed E-state index contributed by atoms with van der Waals surface area (Å²) < 4.78 is 5.17. The number of likely N-dealkylation sites (N-methyl/N-ethyl adjacent to an activating group) is 1. The van der Waals surface area contributed by atoms with Gasteiger partial charge in [0.25, 0.3) is 0 Å². The lowest BCUT2D eigenvalue weighted by Gasteiger charge is -2.19. The van der Waals surface area contributed by atoms with Gasteiger partial charge in [0.1, 0.15) is 5.75 Å². The van der Waals surface area contributed by atoms with Crippen LogP contribution >= 0.6 is 0 Å². The molecule has 0 radical (unpaired) electrons. The Morgan fingerprint density at radius 3 is 2.16 bits per heavy atom. The number of ether oxygens (including phenoxy) is 1. The Balaban J connectivity index is 1.93. The Kier molecular flexibility index (Phi) is 4.45. The Hall–Kier alpha value is -1.96. The number of benzene rings is 2. The van der Waals surface area contributed by atoms with Gasteiger partial charge in [0.15, 0.2) is 0 Å². The molecule has 2 rings (SSSR count). The van der Waals surface area contributed by atoms with Gasteiger partial charge in [-0.1, -0.05) is 29.8 Å². The number of methoxy groups -OCH3 is 1. The molecule has 0 saturated carbocycles. The first kappa shape index (κ1) is 13.5. The normalized spacial score (nSPS) is 10.3. The third-order valence-corrected chi connectivity index (χ3v) is 3.37. The first-order chi connectivity index (χ1) is 9.19. The Bertz CT molecular complexity index is 502. The van der Waals surface area contributed by atoms with E-state index in [2.05, 4.69) is 55.3 Å². The average Bonchev–Trinajstić information content (AvgIpc) is 2.46. The molecule has 0 saturated heterocycles. The maximum atomic E-state index is 5.17. The van der Waals surface area contributed by atoms with Crippen molar-refractivity contribution in [3.05, 3.63) is 59.7 Å². The summed E-state index contributed by atoms with van der Waals surface area (Å²) in [6.45, 7) is 3.13. The molecule has 0 aliphatic rings. The van der Waals surface area contributed by atoms with E-state index >= 15 is 0 Å². The van der Waals surface area contributed by atoms with Crippen molar-refractivity contribution in [3.8, 4) is 5.75 Å². The lowest BCUT2D eigenvalue weighted by atomic mass is 10.1. The van der Waals surface area contributed by atoms with E-state index in [0.29, 0.717) is 0 Å². The molecule has 2 heteroatoms. The van der Waals surface area contributed by atoms with Gasteiger partial charge in [-0.25, -0.2) is 0 Å². The van der Waals surface area contributed by atoms with Crippen molar-refractivity contribution in [3.63, 3.8) is 0 Å². The van der Waals surface area contributed by atoms with Gasteiger partial charge in [0.05, 0.1) is 7.11 Å². The Morgan fingerprint density at radius 2 is 1.58 bits per heavy atom. The predicted molar refractivity (Wildman–Crippen MR) is 81.1 cm³/mol. The molecule has 0 aromatic heterocycles. The third kappa shape index (κ3) is 3.75. The van der Waals surface area contributed by atoms with Crippen LogP contribution in [0, 0.1) is 6.92 Å². The van der Waals surface area contributed by atoms with Crippen LogP contribution in [0.5, 0.6) is 5.75 Å². The minimum Gasteiger partial charge on any atom is -0.497 e. The second-order valence-electron chi connectivity index (χ2n) is 4.86. The van der Waals surface area contributed by atoms with Gasteiger partial charge in [-0.2, -0.15) is 0 Å². The molecule has 2 aromatic carbocycles. The van der Waals surface area contributed by atoms with Crippen LogP contribution in [0.2, 0.25) is 0 Å². The summed E-state index contributed by atoms with van der Waals surface area (Å²) in [4.78, 5) is 2.26. The van der Waals surface area contributed by atoms with Crippen molar-refractivity contribution in [1.29, 1.82) is 0 Å². The van der Waals surface area contributed by atoms with Gasteiger partial charge >= 0.3 is 0 Å². The minimum atomic E-state index is 0.899. The molecular weight excluding hydrogens is 234 g/mol. The largest absolute Gasteiger partial charge is 0.497 e. The number of rotatable bonds is 5. The second-order valence-corrected chi connectivity index (χ2v) is 4.86. The minimum absolute atomic E-state index is 0.899. The SMILES string of the molecule is COc1ccc(N(C)CCc2ccc(C)cc2)cc1. The molecule has 2 aromatic rings. The van der Waals surface area contributed by atoms with Crippen molar-refractivity contribution in [2.45, 2.75) is 13.3 Å². The van der Waals surface area contributed by atoms with Crippen LogP contribution in [0.3, 0.4) is 0 Å². The molecule has 19 heavy (non-hydrogen) atoms. The van der Waals surface area contributed by atoms with Crippen LogP contribution in [0.15, 0.2) is 48.5 Å². The molecule has 0 atom stereocenters. The fourth-order valence-electron chi connectivity index (χ4n) is 2.02. The van der Waals surface area contributed by atoms with Crippen LogP contribution in [0.25, 0.3) is 0 Å². The molecule has 0 unspecified atom stereocenters. The number of hydrogen-bond donors (Lipinski definition) is 0. The van der Waals surface area contributed by atoms with Gasteiger partial charge in [-0.3, -0.25) is 0 Å². The van der Waals surface area contributed by atoms with Crippen molar-refractivity contribution >= 4 is 5.69 Å². The van der Waals surface area contributed by atoms with Gasteiger partial charge in [-0.05, 0) is 43.2 Å². The van der Waals surface area contributed by atoms with E-state index in [-0.39, 0.29) is 0 Å². The van der Waals surface area contributed by atoms with Crippen LogP contribution in [0.4, 0.5) is 5.69 Å². The fraction of sp³-hybridized carbons (Fsp3) is 0.294. The molecule has 0 amide bonds. The Labute approximate surface area is 115 Å². The second kappa shape index (κ2) is 6.28. The highest BCUT2D eigenvalue weighted by Crippen LogP contribution is 2.18. The van der Waals surface area contributed by atoms with Crippen molar-refractivity contribution < 1.29 is 4.74 Å². The summed E-state index contributed by atoms with van der Waals surface area (Å²) in [5, 5.41) is 0. The molecule has 0 bridgehead atoms. The first-order valence-electron chi connectivity index (χ1n) is 6.60. The highest BCUT2D eigenvalue weighted by molar-refractivity contribution is 5.48. The molecule has 0 aliphatic carbocycles. The van der Waals surface area contributed by atoms with E-state index in [4.69, 9.17) is 4.74 Å². The fourth-order valence-corrected chi connectivity index (χ4v) is 2.02. The number of nitrogens with zero attached hydrogens (tertiary/aromatic N) is 1. The molecule has 0 N–H and O–H groups in total. The lowest BCUT2D eigenvalue weighted by Crippen LogP contribution is -2.20. The van der Waals surface area contributed by atoms with Crippen molar-refractivity contribution in [2.75, 3.05) is 25.6 Å². The van der Waals surface area contributed by atoms with E-state index in [9.17, 15) is 0 Å². The number of anilines is 1. The Morgan fingerprint density at radius 1 is 0.947 bits per heavy atom. The third-order valence-electron chi connectivity index (χ3n) is 3.37. The summed E-state index contributed by atoms with van der Waals surface area (Å²) >= 11 is 0. The van der Waals surface area contributed by atoms with Crippen LogP contribution in [0.1, 0.15) is 11.1 Å². The van der Waals surface area contributed by atoms with Gasteiger partial charge in [0.2, 0.25) is 0 Å². The van der Waals surface area contributed by atoms with Gasteiger partial charge in [-0.15, -0.1) is 0 Å². The maximum absolute atomic E-state index is 5.17. The summed E-state index contributed by atoms with van der Waals surface area (Å²) in [5.41, 5.74) is 3.91. The zero-order valence-corrected chi connectivity index (χ0v) is 11.9. The molecule has 0 fully saturated rings. The monoisotopic (exact) mass is 255 g/mol. The topological polar surface area (TPSA) is 12.5 Å². The van der Waals surface area contributed by atoms with Crippen LogP contribution in [-0.4, -0.2) is 20.7 Å². The standard InChI is InChI=1S/C17H21NO/c1-14-4-6-15(7-5-14)12-13-18(2)16-8-10-17(19-3)11-9-16/h4-11H,12-13H2,1-3H3. The predicted octanol–water partition coefficient (Wildman–Crippen LogP) is 3.68. The van der Waals surface area contributed by atoms with Gasteiger partial charge in [0, 0.05) is 19.3 Å². The molecule has 2 nitrogen and oxygen atoms in total. The molecular formula is C17H21NO. The van der Waals surface area contributed by atoms with Crippen LogP contribution in [-0.2, 0) is 6.42 Å². The number of aryl methyl sites for hydroxylation is 1. The molecule has 0 spiro atoms. The maximum Gasteiger partial charge on any atom is 0.119 e. The van der Waals surface area contributed by atoms with E-state index in [0.717, 1.165) is 18.7 Å². The highest BCUT2D eigenvalue weighted by atomic mass is 16.5. The highest BCUT2D eigenvalue weighted by Gasteiger charge is 2.01. The first-order valence-corrected chi connectivity index (χ1v) is 6.60. The van der Waals surface area contributed by atoms with E-state index < -0.39 is 0 Å². The lowest BCUT2D eigenvalue weighted by molar-refractivity contribution is 0.415. The van der Waals surface area contributed by atoms with Crippen molar-refractivity contribution in [2.24, 2.45) is 0 Å². The van der Waals surface area contributed by atoms with Crippen LogP contribution < -0.4 is 9.64 Å². The summed E-state index contributed by atoms with van der Waals surface area (Å²) in [7, 11) is 3.81. The molecule has 0 heterocycles. The number of hydrogen-bond acceptors (Lipinski definition) is 2. The molecule has 0 aliphatic heterocycles. The molecule has 100 valence electrons. The van der Waals surface area contributed by atoms with Gasteiger partial charge < -0.3 is 9.64 Å². The summed E-state index contributed by atoms with van der Waals surface area (Å²) in [6.07, 6.45) is 1.06. The van der Waals surface area contributed by atoms with E-state index in [1.807, 2.05) is 12.1 Å². The smallest absolute Gasteiger partial charge is 0.119 e. The van der Waals surface area contributed by atoms with E-state index in [1.54, 1.807) is 7.11 Å². The summed E-state index contributed by atoms with van der Waals surface area (Å²) in [6, 6.07) is 16.9. The zero-order chi connectivity index (χ0) is 13.7.